The minimum Gasteiger partial charge on any atom is -0.355 e. The zero-order valence-corrected chi connectivity index (χ0v) is 37.0. The van der Waals surface area contributed by atoms with Crippen LogP contribution in [0.4, 0.5) is 73.9 Å². The van der Waals surface area contributed by atoms with Gasteiger partial charge < -0.3 is 25.3 Å². The van der Waals surface area contributed by atoms with E-state index in [-0.39, 0.29) is 6.71 Å². The second-order valence-corrected chi connectivity index (χ2v) is 17.8. The zero-order chi connectivity index (χ0) is 44.7. The molecule has 4 aliphatic heterocycles. The van der Waals surface area contributed by atoms with E-state index in [0.29, 0.717) is 0 Å². The molecule has 0 aliphatic carbocycles. The summed E-state index contributed by atoms with van der Waals surface area (Å²) < 4.78 is 0. The Bertz CT molecular complexity index is 3380. The van der Waals surface area contributed by atoms with Crippen LogP contribution in [-0.4, -0.2) is 21.3 Å². The van der Waals surface area contributed by atoms with Gasteiger partial charge in [-0.15, -0.1) is 0 Å². The minimum absolute atomic E-state index is 0.0141. The highest BCUT2D eigenvalue weighted by Crippen LogP contribution is 2.50. The fourth-order valence-corrected chi connectivity index (χ4v) is 11.3. The molecule has 2 N–H and O–H groups in total. The molecule has 8 heteroatoms. The predicted octanol–water partition coefficient (Wildman–Crippen LogP) is 10.3. The van der Waals surface area contributed by atoms with Gasteiger partial charge in [0.25, 0.3) is 6.71 Å². The Morgan fingerprint density at radius 1 is 0.368 bits per heavy atom. The summed E-state index contributed by atoms with van der Waals surface area (Å²) in [6.07, 6.45) is 0. The zero-order valence-electron chi connectivity index (χ0n) is 37.0. The van der Waals surface area contributed by atoms with Crippen LogP contribution >= 0.6 is 0 Å². The number of benzene rings is 10. The van der Waals surface area contributed by atoms with E-state index in [4.69, 9.17) is 0 Å². The summed E-state index contributed by atoms with van der Waals surface area (Å²) in [6.45, 7) is 0.0141. The molecule has 0 atom stereocenters. The lowest BCUT2D eigenvalue weighted by Gasteiger charge is -2.50. The lowest BCUT2D eigenvalue weighted by Crippen LogP contribution is -2.67. The molecule has 4 heterocycles. The molecule has 4 aliphatic rings. The van der Waals surface area contributed by atoms with Crippen LogP contribution in [0.15, 0.2) is 231 Å². The van der Waals surface area contributed by atoms with Gasteiger partial charge in [-0.3, -0.25) is 0 Å². The van der Waals surface area contributed by atoms with E-state index in [1.54, 1.807) is 0 Å². The van der Waals surface area contributed by atoms with E-state index in [2.05, 4.69) is 270 Å². The number of para-hydroxylation sites is 8. The Balaban J connectivity index is 1.15. The fourth-order valence-electron chi connectivity index (χ4n) is 11.3. The Kier molecular flexibility index (Phi) is 8.81. The van der Waals surface area contributed by atoms with E-state index in [1.807, 2.05) is 0 Å². The molecule has 0 unspecified atom stereocenters. The van der Waals surface area contributed by atoms with Crippen molar-refractivity contribution < 1.29 is 0 Å². The summed E-state index contributed by atoms with van der Waals surface area (Å²) in [5.74, 6) is 0. The monoisotopic (exact) mass is 863 g/mol. The van der Waals surface area contributed by atoms with E-state index >= 15 is 0 Å². The molecule has 68 heavy (non-hydrogen) atoms. The first-order valence-electron chi connectivity index (χ1n) is 23.4. The van der Waals surface area contributed by atoms with Gasteiger partial charge in [0.05, 0.1) is 17.1 Å². The number of nitrogens with zero attached hydrogens (tertiary/aromatic N) is 3. The average molecular weight is 863 g/mol. The standard InChI is InChI=1S/C60H40B3N5/c1-5-21-39(22-6-1)64-48-37-43(66(41-25-9-3-10-26-41)42-27-11-4-12-28-42)38-49(65-40-23-7-2-8-24-40)54(48)55-56-59-58-60-57(55)62-45-30-14-18-34-51(45)68(60)53-36-20-16-32-47(53)63(58)46-31-15-19-35-52(46)67(59)50-33-17-13-29-44(50)61-56/h1-38,64-65H. The van der Waals surface area contributed by atoms with Crippen LogP contribution in [0.3, 0.4) is 0 Å². The van der Waals surface area contributed by atoms with Crippen molar-refractivity contribution in [3.63, 3.8) is 0 Å². The molecule has 0 bridgehead atoms. The summed E-state index contributed by atoms with van der Waals surface area (Å²) in [4.78, 5) is 7.49. The third-order valence-electron chi connectivity index (χ3n) is 14.0. The molecular weight excluding hydrogens is 823 g/mol. The van der Waals surface area contributed by atoms with Gasteiger partial charge in [-0.25, -0.2) is 0 Å². The second-order valence-electron chi connectivity index (χ2n) is 17.8. The quantitative estimate of drug-likeness (QED) is 0.149. The first-order chi connectivity index (χ1) is 33.8. The predicted molar refractivity (Wildman–Crippen MR) is 290 cm³/mol. The highest BCUT2D eigenvalue weighted by Gasteiger charge is 2.49. The molecule has 10 aromatic rings. The van der Waals surface area contributed by atoms with Crippen LogP contribution in [0.1, 0.15) is 0 Å². The van der Waals surface area contributed by atoms with Crippen molar-refractivity contribution in [1.29, 1.82) is 0 Å². The molecule has 0 amide bonds. The maximum absolute atomic E-state index is 4.04. The lowest BCUT2D eigenvalue weighted by molar-refractivity contribution is 1.27. The summed E-state index contributed by atoms with van der Waals surface area (Å²) >= 11 is 0. The maximum atomic E-state index is 4.04. The van der Waals surface area contributed by atoms with Gasteiger partial charge in [0.15, 0.2) is 14.6 Å². The van der Waals surface area contributed by atoms with Crippen LogP contribution in [-0.2, 0) is 0 Å². The summed E-state index contributed by atoms with van der Waals surface area (Å²) in [5, 5.41) is 8.09. The highest BCUT2D eigenvalue weighted by atomic mass is 15.2. The van der Waals surface area contributed by atoms with Gasteiger partial charge in [0, 0.05) is 62.4 Å². The third-order valence-corrected chi connectivity index (χ3v) is 14.0. The average Bonchev–Trinajstić information content (AvgIpc) is 3.40. The van der Waals surface area contributed by atoms with Crippen LogP contribution in [0.2, 0.25) is 0 Å². The number of anilines is 13. The number of nitrogens with one attached hydrogen (secondary N) is 2. The van der Waals surface area contributed by atoms with Crippen molar-refractivity contribution in [2.24, 2.45) is 0 Å². The number of hydrogen-bond donors (Lipinski definition) is 2. The van der Waals surface area contributed by atoms with E-state index in [0.717, 1.165) is 50.9 Å². The van der Waals surface area contributed by atoms with E-state index in [9.17, 15) is 0 Å². The Morgan fingerprint density at radius 3 is 1.21 bits per heavy atom. The van der Waals surface area contributed by atoms with Crippen LogP contribution in [0.5, 0.6) is 0 Å². The molecule has 14 rings (SSSR count). The van der Waals surface area contributed by atoms with Crippen molar-refractivity contribution in [3.8, 4) is 11.1 Å². The maximum Gasteiger partial charge on any atom is 0.252 e. The van der Waals surface area contributed by atoms with Crippen molar-refractivity contribution in [1.82, 2.24) is 0 Å². The Labute approximate surface area is 398 Å². The molecule has 0 saturated carbocycles. The molecule has 0 aromatic heterocycles. The molecule has 2 radical (unpaired) electrons. The third kappa shape index (κ3) is 5.93. The molecular formula is C60H40B3N5. The molecule has 0 fully saturated rings. The van der Waals surface area contributed by atoms with Gasteiger partial charge >= 0.3 is 0 Å². The second kappa shape index (κ2) is 15.5. The SMILES string of the molecule is [B]1c2ccccc2N2c3ccccc3B3c4ccccc4N4c5ccccc5[B]c5c(-c6c(Nc7ccccc7)cc(N(c7ccccc7)c7ccccc7)cc6Nc6ccccc6)c1c2c3c54. The molecule has 314 valence electrons. The summed E-state index contributed by atoms with van der Waals surface area (Å²) in [6, 6.07) is 83.2. The van der Waals surface area contributed by atoms with Gasteiger partial charge in [-0.1, -0.05) is 167 Å². The number of hydrogen-bond acceptors (Lipinski definition) is 5. The normalized spacial score (nSPS) is 12.9. The van der Waals surface area contributed by atoms with Gasteiger partial charge in [0.1, 0.15) is 0 Å². The summed E-state index contributed by atoms with van der Waals surface area (Å²) in [5.41, 5.74) is 25.3. The molecule has 0 spiro atoms. The number of fused-ring (bicyclic) bond motifs is 10. The van der Waals surface area contributed by atoms with Gasteiger partial charge in [-0.2, -0.15) is 0 Å². The molecule has 5 nitrogen and oxygen atoms in total. The highest BCUT2D eigenvalue weighted by molar-refractivity contribution is 7.02. The van der Waals surface area contributed by atoms with E-state index < -0.39 is 0 Å². The Morgan fingerprint density at radius 2 is 0.750 bits per heavy atom. The minimum atomic E-state index is 0.0141. The van der Waals surface area contributed by atoms with Gasteiger partial charge in [-0.05, 0) is 107 Å². The fraction of sp³-hybridized carbons (Fsp3) is 0. The molecule has 0 saturated heterocycles. The van der Waals surface area contributed by atoms with Crippen LogP contribution in [0, 0.1) is 0 Å². The summed E-state index contributed by atoms with van der Waals surface area (Å²) in [7, 11) is 4.93. The largest absolute Gasteiger partial charge is 0.355 e. The van der Waals surface area contributed by atoms with Crippen molar-refractivity contribution in [2.75, 3.05) is 25.3 Å². The van der Waals surface area contributed by atoms with Crippen molar-refractivity contribution >= 4 is 133 Å². The van der Waals surface area contributed by atoms with Gasteiger partial charge in [0.2, 0.25) is 0 Å². The van der Waals surface area contributed by atoms with E-state index in [1.165, 1.54) is 72.4 Å². The molecule has 10 aromatic carbocycles. The first kappa shape index (κ1) is 38.6. The van der Waals surface area contributed by atoms with Crippen LogP contribution < -0.4 is 63.6 Å². The smallest absolute Gasteiger partial charge is 0.252 e. The topological polar surface area (TPSA) is 33.8 Å². The number of rotatable bonds is 8. The van der Waals surface area contributed by atoms with Crippen molar-refractivity contribution in [2.45, 2.75) is 0 Å². The van der Waals surface area contributed by atoms with Crippen LogP contribution in [0.25, 0.3) is 11.1 Å². The first-order valence-corrected chi connectivity index (χ1v) is 23.4. The lowest BCUT2D eigenvalue weighted by atomic mass is 9.31. The Hall–Kier alpha value is -8.61. The van der Waals surface area contributed by atoms with Crippen molar-refractivity contribution in [3.05, 3.63) is 231 Å².